The summed E-state index contributed by atoms with van der Waals surface area (Å²) in [4.78, 5) is 23.6. The van der Waals surface area contributed by atoms with Crippen LogP contribution in [0.5, 0.6) is 0 Å². The number of aldehydes is 1. The van der Waals surface area contributed by atoms with Gasteiger partial charge in [0.25, 0.3) is 0 Å². The van der Waals surface area contributed by atoms with Gasteiger partial charge in [0.15, 0.2) is 0 Å². The molecule has 0 aromatic heterocycles. The molecular weight excluding hydrogens is 168 g/mol. The van der Waals surface area contributed by atoms with Gasteiger partial charge in [0.1, 0.15) is 6.29 Å². The highest BCUT2D eigenvalue weighted by atomic mass is 16.2. The van der Waals surface area contributed by atoms with Gasteiger partial charge < -0.3 is 15.0 Å². The summed E-state index contributed by atoms with van der Waals surface area (Å²) in [5.74, 6) is 0.0383. The van der Waals surface area contributed by atoms with Crippen LogP contribution in [0.3, 0.4) is 0 Å². The molecule has 2 amide bonds. The maximum Gasteiger partial charge on any atom is 0.317 e. The Balaban J connectivity index is 2.41. The monoisotopic (exact) mass is 184 g/mol. The molecule has 0 spiro atoms. The van der Waals surface area contributed by atoms with Crippen molar-refractivity contribution in [3.63, 3.8) is 0 Å². The van der Waals surface area contributed by atoms with Gasteiger partial charge in [0.2, 0.25) is 0 Å². The Bertz CT molecular complexity index is 194. The molecule has 0 radical (unpaired) electrons. The van der Waals surface area contributed by atoms with Gasteiger partial charge in [0, 0.05) is 25.6 Å². The predicted octanol–water partition coefficient (Wildman–Crippen LogP) is 0.627. The molecule has 1 aliphatic heterocycles. The Hall–Kier alpha value is -1.06. The van der Waals surface area contributed by atoms with Crippen molar-refractivity contribution in [3.05, 3.63) is 0 Å². The molecular formula is C9H16N2O2. The van der Waals surface area contributed by atoms with E-state index in [-0.39, 0.29) is 11.9 Å². The van der Waals surface area contributed by atoms with E-state index < -0.39 is 0 Å². The smallest absolute Gasteiger partial charge is 0.317 e. The van der Waals surface area contributed by atoms with Gasteiger partial charge in [0.05, 0.1) is 0 Å². The van der Waals surface area contributed by atoms with E-state index in [1.807, 2.05) is 6.92 Å². The highest BCUT2D eigenvalue weighted by Crippen LogP contribution is 2.13. The number of hydrogen-bond donors (Lipinski definition) is 1. The van der Waals surface area contributed by atoms with Crippen molar-refractivity contribution >= 4 is 12.3 Å². The average Bonchev–Trinajstić information content (AvgIpc) is 2.18. The van der Waals surface area contributed by atoms with Crippen molar-refractivity contribution in [2.75, 3.05) is 19.6 Å². The lowest BCUT2D eigenvalue weighted by molar-refractivity contribution is -0.112. The summed E-state index contributed by atoms with van der Waals surface area (Å²) in [6, 6.07) is -0.0472. The normalized spacial score (nSPS) is 22.5. The lowest BCUT2D eigenvalue weighted by Gasteiger charge is -2.30. The summed E-state index contributed by atoms with van der Waals surface area (Å²) < 4.78 is 0. The molecule has 0 aromatic carbocycles. The molecule has 0 aliphatic carbocycles. The zero-order valence-corrected chi connectivity index (χ0v) is 7.95. The Morgan fingerprint density at radius 2 is 2.46 bits per heavy atom. The molecule has 74 valence electrons. The number of nitrogens with zero attached hydrogens (tertiary/aromatic N) is 1. The summed E-state index contributed by atoms with van der Waals surface area (Å²) in [6.07, 6.45) is 2.80. The van der Waals surface area contributed by atoms with Crippen LogP contribution in [0.25, 0.3) is 0 Å². The molecule has 0 saturated carbocycles. The van der Waals surface area contributed by atoms with E-state index in [1.54, 1.807) is 4.90 Å². The summed E-state index contributed by atoms with van der Waals surface area (Å²) in [7, 11) is 0. The third-order valence-electron chi connectivity index (χ3n) is 2.27. The standard InChI is InChI=1S/C9H16N2O2/c1-2-10-9(13)11-5-3-4-8(6-11)7-12/h7-8H,2-6H2,1H3,(H,10,13). The fraction of sp³-hybridized carbons (Fsp3) is 0.778. The van der Waals surface area contributed by atoms with Gasteiger partial charge >= 0.3 is 6.03 Å². The van der Waals surface area contributed by atoms with E-state index in [2.05, 4.69) is 5.32 Å². The van der Waals surface area contributed by atoms with E-state index in [1.165, 1.54) is 0 Å². The molecule has 0 aromatic rings. The lowest BCUT2D eigenvalue weighted by Crippen LogP contribution is -2.45. The van der Waals surface area contributed by atoms with Crippen LogP contribution in [0.1, 0.15) is 19.8 Å². The fourth-order valence-electron chi connectivity index (χ4n) is 1.57. The SMILES string of the molecule is CCNC(=O)N1CCCC(C=O)C1. The van der Waals surface area contributed by atoms with E-state index >= 15 is 0 Å². The number of likely N-dealkylation sites (tertiary alicyclic amines) is 1. The van der Waals surface area contributed by atoms with E-state index in [0.717, 1.165) is 25.7 Å². The maximum absolute atomic E-state index is 11.4. The highest BCUT2D eigenvalue weighted by Gasteiger charge is 2.22. The molecule has 0 bridgehead atoms. The Morgan fingerprint density at radius 3 is 3.08 bits per heavy atom. The topological polar surface area (TPSA) is 49.4 Å². The van der Waals surface area contributed by atoms with E-state index in [9.17, 15) is 9.59 Å². The zero-order chi connectivity index (χ0) is 9.68. The minimum absolute atomic E-state index is 0.0383. The molecule has 1 atom stereocenters. The van der Waals surface area contributed by atoms with Gasteiger partial charge in [-0.3, -0.25) is 0 Å². The van der Waals surface area contributed by atoms with Crippen LogP contribution >= 0.6 is 0 Å². The first-order chi connectivity index (χ1) is 6.27. The number of carbonyl (C=O) groups is 2. The predicted molar refractivity (Wildman–Crippen MR) is 49.4 cm³/mol. The number of piperidine rings is 1. The first-order valence-corrected chi connectivity index (χ1v) is 4.76. The van der Waals surface area contributed by atoms with Crippen LogP contribution in [0.2, 0.25) is 0 Å². The highest BCUT2D eigenvalue weighted by molar-refractivity contribution is 5.74. The number of rotatable bonds is 2. The quantitative estimate of drug-likeness (QED) is 0.640. The van der Waals surface area contributed by atoms with Crippen LogP contribution in [0.15, 0.2) is 0 Å². The molecule has 1 N–H and O–H groups in total. The summed E-state index contributed by atoms with van der Waals surface area (Å²) in [5, 5.41) is 2.73. The van der Waals surface area contributed by atoms with Crippen molar-refractivity contribution < 1.29 is 9.59 Å². The molecule has 4 nitrogen and oxygen atoms in total. The van der Waals surface area contributed by atoms with Gasteiger partial charge in [-0.25, -0.2) is 4.79 Å². The van der Waals surface area contributed by atoms with Crippen LogP contribution in [-0.2, 0) is 4.79 Å². The van der Waals surface area contributed by atoms with Gasteiger partial charge in [-0.05, 0) is 19.8 Å². The molecule has 4 heteroatoms. The molecule has 1 rings (SSSR count). The van der Waals surface area contributed by atoms with Crippen molar-refractivity contribution in [3.8, 4) is 0 Å². The van der Waals surface area contributed by atoms with Gasteiger partial charge in [-0.15, -0.1) is 0 Å². The van der Waals surface area contributed by atoms with Crippen molar-refractivity contribution in [1.82, 2.24) is 10.2 Å². The Kier molecular flexibility index (Phi) is 3.73. The summed E-state index contributed by atoms with van der Waals surface area (Å²) in [6.45, 7) is 3.88. The van der Waals surface area contributed by atoms with Crippen LogP contribution in [0.4, 0.5) is 4.79 Å². The van der Waals surface area contributed by atoms with Crippen LogP contribution in [-0.4, -0.2) is 36.9 Å². The minimum atomic E-state index is -0.0472. The van der Waals surface area contributed by atoms with Crippen LogP contribution < -0.4 is 5.32 Å². The molecule has 1 saturated heterocycles. The Morgan fingerprint density at radius 1 is 1.69 bits per heavy atom. The van der Waals surface area contributed by atoms with Crippen molar-refractivity contribution in [1.29, 1.82) is 0 Å². The summed E-state index contributed by atoms with van der Waals surface area (Å²) in [5.41, 5.74) is 0. The molecule has 1 heterocycles. The second-order valence-corrected chi connectivity index (χ2v) is 3.32. The molecule has 13 heavy (non-hydrogen) atoms. The number of carbonyl (C=O) groups excluding carboxylic acids is 2. The molecule has 1 aliphatic rings. The van der Waals surface area contributed by atoms with Crippen LogP contribution in [0, 0.1) is 5.92 Å². The third-order valence-corrected chi connectivity index (χ3v) is 2.27. The Labute approximate surface area is 78.3 Å². The van der Waals surface area contributed by atoms with Crippen molar-refractivity contribution in [2.24, 2.45) is 5.92 Å². The largest absolute Gasteiger partial charge is 0.338 e. The summed E-state index contributed by atoms with van der Waals surface area (Å²) >= 11 is 0. The second-order valence-electron chi connectivity index (χ2n) is 3.32. The number of hydrogen-bond acceptors (Lipinski definition) is 2. The second kappa shape index (κ2) is 4.84. The fourth-order valence-corrected chi connectivity index (χ4v) is 1.57. The molecule has 1 fully saturated rings. The molecule has 1 unspecified atom stereocenters. The van der Waals surface area contributed by atoms with Gasteiger partial charge in [-0.2, -0.15) is 0 Å². The lowest BCUT2D eigenvalue weighted by atomic mass is 10.0. The number of nitrogens with one attached hydrogen (secondary N) is 1. The number of urea groups is 1. The van der Waals surface area contributed by atoms with Crippen molar-refractivity contribution in [2.45, 2.75) is 19.8 Å². The van der Waals surface area contributed by atoms with E-state index in [4.69, 9.17) is 0 Å². The van der Waals surface area contributed by atoms with E-state index in [0.29, 0.717) is 13.1 Å². The third kappa shape index (κ3) is 2.72. The maximum atomic E-state index is 11.4. The zero-order valence-electron chi connectivity index (χ0n) is 7.95. The average molecular weight is 184 g/mol. The first-order valence-electron chi connectivity index (χ1n) is 4.76. The minimum Gasteiger partial charge on any atom is -0.338 e. The first kappa shape index (κ1) is 10.0. The number of amides is 2. The van der Waals surface area contributed by atoms with Gasteiger partial charge in [-0.1, -0.05) is 0 Å².